The van der Waals surface area contributed by atoms with Crippen molar-refractivity contribution in [2.24, 2.45) is 7.05 Å². The molecular formula is C13H21N7. The number of hydrogen-bond acceptors (Lipinski definition) is 6. The average Bonchev–Trinajstić information content (AvgIpc) is 2.85. The lowest BCUT2D eigenvalue weighted by atomic mass is 10.2. The molecule has 7 heteroatoms. The van der Waals surface area contributed by atoms with E-state index < -0.39 is 0 Å². The molecule has 0 aliphatic heterocycles. The molecule has 0 bridgehead atoms. The van der Waals surface area contributed by atoms with Crippen molar-refractivity contribution in [1.82, 2.24) is 24.7 Å². The van der Waals surface area contributed by atoms with Crippen molar-refractivity contribution in [1.29, 1.82) is 0 Å². The van der Waals surface area contributed by atoms with Crippen LogP contribution in [0.25, 0.3) is 0 Å². The molecule has 0 amide bonds. The van der Waals surface area contributed by atoms with Gasteiger partial charge in [-0.3, -0.25) is 4.68 Å². The van der Waals surface area contributed by atoms with Gasteiger partial charge in [0, 0.05) is 26.1 Å². The minimum Gasteiger partial charge on any atom is -0.373 e. The van der Waals surface area contributed by atoms with Crippen LogP contribution in [0.1, 0.15) is 30.6 Å². The van der Waals surface area contributed by atoms with Crippen LogP contribution >= 0.6 is 0 Å². The molecule has 0 radical (unpaired) electrons. The van der Waals surface area contributed by atoms with E-state index >= 15 is 0 Å². The molecule has 2 aromatic rings. The van der Waals surface area contributed by atoms with Gasteiger partial charge in [0.25, 0.3) is 0 Å². The number of nitrogens with zero attached hydrogens (tertiary/aromatic N) is 5. The zero-order chi connectivity index (χ0) is 14.5. The van der Waals surface area contributed by atoms with E-state index in [1.807, 2.05) is 21.0 Å². The third-order valence-electron chi connectivity index (χ3n) is 2.96. The fraction of sp³-hybridized carbons (Fsp3) is 0.538. The lowest BCUT2D eigenvalue weighted by Gasteiger charge is -2.12. The highest BCUT2D eigenvalue weighted by atomic mass is 15.3. The van der Waals surface area contributed by atoms with Crippen LogP contribution in [-0.2, 0) is 20.0 Å². The Labute approximate surface area is 118 Å². The topological polar surface area (TPSA) is 80.5 Å². The second-order valence-electron chi connectivity index (χ2n) is 4.65. The summed E-state index contributed by atoms with van der Waals surface area (Å²) >= 11 is 0. The van der Waals surface area contributed by atoms with Gasteiger partial charge in [-0.15, -0.1) is 0 Å². The molecule has 108 valence electrons. The van der Waals surface area contributed by atoms with Crippen LogP contribution < -0.4 is 10.6 Å². The van der Waals surface area contributed by atoms with Crippen LogP contribution in [0.3, 0.4) is 0 Å². The summed E-state index contributed by atoms with van der Waals surface area (Å²) in [6, 6.07) is 0. The van der Waals surface area contributed by atoms with Gasteiger partial charge in [-0.25, -0.2) is 15.0 Å². The Morgan fingerprint density at radius 3 is 2.55 bits per heavy atom. The summed E-state index contributed by atoms with van der Waals surface area (Å²) in [5.41, 5.74) is 1.00. The standard InChI is InChI=1S/C13H21N7/c1-5-6-10-17-12(14-3)9(2)13(18-10)15-7-11-16-8-20(4)19-11/h8H,5-7H2,1-4H3,(H2,14,15,17,18). The van der Waals surface area contributed by atoms with Crippen LogP contribution in [0, 0.1) is 6.92 Å². The van der Waals surface area contributed by atoms with Gasteiger partial charge in [0.15, 0.2) is 5.82 Å². The maximum atomic E-state index is 4.57. The molecule has 2 rings (SSSR count). The number of rotatable bonds is 6. The molecule has 2 aromatic heterocycles. The van der Waals surface area contributed by atoms with Crippen LogP contribution in [0.15, 0.2) is 6.33 Å². The molecule has 2 N–H and O–H groups in total. The van der Waals surface area contributed by atoms with E-state index in [1.54, 1.807) is 11.0 Å². The first-order chi connectivity index (χ1) is 9.63. The van der Waals surface area contributed by atoms with Crippen molar-refractivity contribution in [2.75, 3.05) is 17.7 Å². The third-order valence-corrected chi connectivity index (χ3v) is 2.96. The maximum absolute atomic E-state index is 4.57. The van der Waals surface area contributed by atoms with E-state index in [1.165, 1.54) is 0 Å². The van der Waals surface area contributed by atoms with Gasteiger partial charge in [0.05, 0.1) is 6.54 Å². The first-order valence-corrected chi connectivity index (χ1v) is 6.77. The molecule has 0 aliphatic rings. The van der Waals surface area contributed by atoms with Gasteiger partial charge in [-0.2, -0.15) is 5.10 Å². The van der Waals surface area contributed by atoms with Crippen molar-refractivity contribution in [3.63, 3.8) is 0 Å². The van der Waals surface area contributed by atoms with Crippen molar-refractivity contribution < 1.29 is 0 Å². The van der Waals surface area contributed by atoms with Crippen LogP contribution in [0.2, 0.25) is 0 Å². The number of nitrogens with one attached hydrogen (secondary N) is 2. The lowest BCUT2D eigenvalue weighted by molar-refractivity contribution is 0.746. The normalized spacial score (nSPS) is 10.6. The number of aromatic nitrogens is 5. The summed E-state index contributed by atoms with van der Waals surface area (Å²) < 4.78 is 1.69. The predicted molar refractivity (Wildman–Crippen MR) is 78.6 cm³/mol. The first kappa shape index (κ1) is 14.2. The molecule has 7 nitrogen and oxygen atoms in total. The predicted octanol–water partition coefficient (Wildman–Crippen LogP) is 1.52. The van der Waals surface area contributed by atoms with E-state index in [-0.39, 0.29) is 0 Å². The first-order valence-electron chi connectivity index (χ1n) is 6.77. The van der Waals surface area contributed by atoms with Crippen molar-refractivity contribution in [3.8, 4) is 0 Å². The van der Waals surface area contributed by atoms with Gasteiger partial charge in [0.1, 0.15) is 23.8 Å². The molecule has 0 saturated carbocycles. The Morgan fingerprint density at radius 2 is 1.95 bits per heavy atom. The highest BCUT2D eigenvalue weighted by Crippen LogP contribution is 2.20. The quantitative estimate of drug-likeness (QED) is 0.832. The van der Waals surface area contributed by atoms with Gasteiger partial charge in [-0.05, 0) is 13.3 Å². The Bertz CT molecular complexity index is 576. The molecule has 20 heavy (non-hydrogen) atoms. The second kappa shape index (κ2) is 6.31. The summed E-state index contributed by atoms with van der Waals surface area (Å²) in [7, 11) is 3.72. The fourth-order valence-electron chi connectivity index (χ4n) is 1.94. The van der Waals surface area contributed by atoms with Crippen LogP contribution in [0.4, 0.5) is 11.6 Å². The van der Waals surface area contributed by atoms with Crippen molar-refractivity contribution >= 4 is 11.6 Å². The Hall–Kier alpha value is -2.18. The number of aryl methyl sites for hydroxylation is 2. The van der Waals surface area contributed by atoms with Crippen LogP contribution in [0.5, 0.6) is 0 Å². The molecule has 2 heterocycles. The molecule has 0 unspecified atom stereocenters. The van der Waals surface area contributed by atoms with Gasteiger partial charge < -0.3 is 10.6 Å². The van der Waals surface area contributed by atoms with Crippen molar-refractivity contribution in [3.05, 3.63) is 23.5 Å². The van der Waals surface area contributed by atoms with E-state index in [9.17, 15) is 0 Å². The minimum absolute atomic E-state index is 0.549. The Balaban J connectivity index is 2.18. The zero-order valence-electron chi connectivity index (χ0n) is 12.4. The van der Waals surface area contributed by atoms with E-state index in [4.69, 9.17) is 0 Å². The summed E-state index contributed by atoms with van der Waals surface area (Å²) in [5, 5.41) is 10.6. The Kier molecular flexibility index (Phi) is 4.49. The summed E-state index contributed by atoms with van der Waals surface area (Å²) in [5.74, 6) is 3.28. The molecule has 0 saturated heterocycles. The fourth-order valence-corrected chi connectivity index (χ4v) is 1.94. The monoisotopic (exact) mass is 275 g/mol. The molecule has 0 spiro atoms. The highest BCUT2D eigenvalue weighted by molar-refractivity contribution is 5.56. The maximum Gasteiger partial charge on any atom is 0.169 e. The van der Waals surface area contributed by atoms with Gasteiger partial charge in [0.2, 0.25) is 0 Å². The Morgan fingerprint density at radius 1 is 1.20 bits per heavy atom. The van der Waals surface area contributed by atoms with Gasteiger partial charge >= 0.3 is 0 Å². The highest BCUT2D eigenvalue weighted by Gasteiger charge is 2.10. The minimum atomic E-state index is 0.549. The molecular weight excluding hydrogens is 254 g/mol. The van der Waals surface area contributed by atoms with E-state index in [2.05, 4.69) is 37.6 Å². The van der Waals surface area contributed by atoms with Crippen molar-refractivity contribution in [2.45, 2.75) is 33.2 Å². The van der Waals surface area contributed by atoms with E-state index in [0.29, 0.717) is 6.54 Å². The van der Waals surface area contributed by atoms with E-state index in [0.717, 1.165) is 41.7 Å². The smallest absolute Gasteiger partial charge is 0.169 e. The molecule has 0 atom stereocenters. The SMILES string of the molecule is CCCc1nc(NC)c(C)c(NCc2ncn(C)n2)n1. The zero-order valence-corrected chi connectivity index (χ0v) is 12.4. The summed E-state index contributed by atoms with van der Waals surface area (Å²) in [4.78, 5) is 13.3. The molecule has 0 aliphatic carbocycles. The number of anilines is 2. The average molecular weight is 275 g/mol. The second-order valence-corrected chi connectivity index (χ2v) is 4.65. The molecule has 0 aromatic carbocycles. The summed E-state index contributed by atoms with van der Waals surface area (Å²) in [6.07, 6.45) is 3.57. The molecule has 0 fully saturated rings. The lowest BCUT2D eigenvalue weighted by Crippen LogP contribution is -2.10. The largest absolute Gasteiger partial charge is 0.373 e. The van der Waals surface area contributed by atoms with Gasteiger partial charge in [-0.1, -0.05) is 6.92 Å². The third kappa shape index (κ3) is 3.23. The van der Waals surface area contributed by atoms with Crippen LogP contribution in [-0.4, -0.2) is 31.8 Å². The summed E-state index contributed by atoms with van der Waals surface area (Å²) in [6.45, 7) is 4.66. The number of hydrogen-bond donors (Lipinski definition) is 2.